The first kappa shape index (κ1) is 26.8. The fourth-order valence-corrected chi connectivity index (χ4v) is 4.40. The second-order valence-electron chi connectivity index (χ2n) is 9.17. The van der Waals surface area contributed by atoms with Gasteiger partial charge >= 0.3 is 0 Å². The molecular weight excluding hydrogens is 478 g/mol. The number of hydrogen-bond acceptors (Lipinski definition) is 6. The van der Waals surface area contributed by atoms with Gasteiger partial charge in [0.05, 0.1) is 25.4 Å². The van der Waals surface area contributed by atoms with E-state index in [2.05, 4.69) is 17.2 Å². The number of pyridine rings is 1. The van der Waals surface area contributed by atoms with Crippen LogP contribution in [0.25, 0.3) is 10.9 Å². The van der Waals surface area contributed by atoms with Crippen molar-refractivity contribution in [3.63, 3.8) is 0 Å². The minimum absolute atomic E-state index is 0.0194. The second kappa shape index (κ2) is 13.3. The Balaban J connectivity index is 1.40. The lowest BCUT2D eigenvalue weighted by molar-refractivity contribution is -0.134. The van der Waals surface area contributed by atoms with E-state index in [1.54, 1.807) is 20.4 Å². The van der Waals surface area contributed by atoms with Crippen molar-refractivity contribution in [1.29, 1.82) is 0 Å². The van der Waals surface area contributed by atoms with Gasteiger partial charge in [-0.05, 0) is 50.1 Å². The van der Waals surface area contributed by atoms with Gasteiger partial charge in [0.25, 0.3) is 5.91 Å². The summed E-state index contributed by atoms with van der Waals surface area (Å²) in [4.78, 5) is 19.6. The van der Waals surface area contributed by atoms with Crippen molar-refractivity contribution in [2.45, 2.75) is 32.4 Å². The lowest BCUT2D eigenvalue weighted by atomic mass is 10.1. The number of ether oxygens (including phenoxy) is 3. The molecule has 4 aromatic rings. The van der Waals surface area contributed by atoms with Gasteiger partial charge in [0.15, 0.2) is 6.61 Å². The Morgan fingerprint density at radius 1 is 0.947 bits per heavy atom. The standard InChI is InChI=1S/C31H35N3O4/c1-23(33-28-20-27(36-2)19-24-13-9-17-32-31(24)28)11-10-18-34(21-25-12-7-8-16-29(25)37-3)30(35)22-38-26-14-5-4-6-15-26/h4-9,12-17,19-20,23,33H,10-11,18,21-22H2,1-3H3. The van der Waals surface area contributed by atoms with Gasteiger partial charge in [-0.1, -0.05) is 42.5 Å². The van der Waals surface area contributed by atoms with Crippen LogP contribution in [-0.4, -0.2) is 49.2 Å². The summed E-state index contributed by atoms with van der Waals surface area (Å²) in [6, 6.07) is 25.3. The van der Waals surface area contributed by atoms with Crippen LogP contribution >= 0.6 is 0 Å². The van der Waals surface area contributed by atoms with Gasteiger partial charge < -0.3 is 24.4 Å². The summed E-state index contributed by atoms with van der Waals surface area (Å²) in [5, 5.41) is 4.61. The molecule has 1 amide bonds. The Kier molecular flexibility index (Phi) is 9.40. The first-order valence-electron chi connectivity index (χ1n) is 12.8. The highest BCUT2D eigenvalue weighted by Gasteiger charge is 2.18. The van der Waals surface area contributed by atoms with Gasteiger partial charge in [-0.15, -0.1) is 0 Å². The Morgan fingerprint density at radius 2 is 1.74 bits per heavy atom. The topological polar surface area (TPSA) is 72.9 Å². The number of aromatic nitrogens is 1. The van der Waals surface area contributed by atoms with Crippen LogP contribution in [0.3, 0.4) is 0 Å². The number of rotatable bonds is 13. The molecule has 7 heteroatoms. The van der Waals surface area contributed by atoms with E-state index in [1.165, 1.54) is 0 Å². The van der Waals surface area contributed by atoms with E-state index in [0.717, 1.165) is 46.5 Å². The van der Waals surface area contributed by atoms with E-state index in [0.29, 0.717) is 18.8 Å². The summed E-state index contributed by atoms with van der Waals surface area (Å²) in [7, 11) is 3.31. The molecule has 0 saturated heterocycles. The molecule has 1 N–H and O–H groups in total. The highest BCUT2D eigenvalue weighted by molar-refractivity contribution is 5.91. The SMILES string of the molecule is COc1cc(NC(C)CCCN(Cc2ccccc2OC)C(=O)COc2ccccc2)c2ncccc2c1. The maximum atomic E-state index is 13.2. The van der Waals surface area contributed by atoms with Crippen LogP contribution in [0.15, 0.2) is 85.1 Å². The number of anilines is 1. The predicted octanol–water partition coefficient (Wildman–Crippen LogP) is 5.94. The number of carbonyl (C=O) groups excluding carboxylic acids is 1. The highest BCUT2D eigenvalue weighted by Crippen LogP contribution is 2.28. The van der Waals surface area contributed by atoms with E-state index in [4.69, 9.17) is 14.2 Å². The van der Waals surface area contributed by atoms with E-state index in [-0.39, 0.29) is 18.6 Å². The largest absolute Gasteiger partial charge is 0.497 e. The number of amides is 1. The number of nitrogens with zero attached hydrogens (tertiary/aromatic N) is 2. The zero-order valence-electron chi connectivity index (χ0n) is 22.2. The van der Waals surface area contributed by atoms with Gasteiger partial charge in [0, 0.05) is 42.3 Å². The zero-order valence-corrected chi connectivity index (χ0v) is 22.2. The smallest absolute Gasteiger partial charge is 0.260 e. The summed E-state index contributed by atoms with van der Waals surface area (Å²) in [5.41, 5.74) is 2.81. The second-order valence-corrected chi connectivity index (χ2v) is 9.17. The molecule has 0 spiro atoms. The van der Waals surface area contributed by atoms with Crippen LogP contribution in [0.2, 0.25) is 0 Å². The first-order chi connectivity index (χ1) is 18.6. The van der Waals surface area contributed by atoms with Crippen molar-refractivity contribution in [2.75, 3.05) is 32.7 Å². The Labute approximate surface area is 224 Å². The number of methoxy groups -OCH3 is 2. The molecule has 1 atom stereocenters. The molecule has 1 heterocycles. The lowest BCUT2D eigenvalue weighted by Crippen LogP contribution is -2.36. The van der Waals surface area contributed by atoms with Crippen molar-refractivity contribution in [3.05, 3.63) is 90.6 Å². The molecular formula is C31H35N3O4. The van der Waals surface area contributed by atoms with Crippen molar-refractivity contribution in [1.82, 2.24) is 9.88 Å². The van der Waals surface area contributed by atoms with E-state index < -0.39 is 0 Å². The molecule has 0 saturated carbocycles. The van der Waals surface area contributed by atoms with Gasteiger partial charge in [-0.25, -0.2) is 0 Å². The molecule has 0 aliphatic carbocycles. The third-order valence-corrected chi connectivity index (χ3v) is 6.39. The van der Waals surface area contributed by atoms with Crippen molar-refractivity contribution in [3.8, 4) is 17.2 Å². The van der Waals surface area contributed by atoms with Gasteiger partial charge in [-0.3, -0.25) is 9.78 Å². The molecule has 0 bridgehead atoms. The fourth-order valence-electron chi connectivity index (χ4n) is 4.40. The zero-order chi connectivity index (χ0) is 26.7. The molecule has 0 radical (unpaired) electrons. The molecule has 38 heavy (non-hydrogen) atoms. The molecule has 1 unspecified atom stereocenters. The number of fused-ring (bicyclic) bond motifs is 1. The van der Waals surface area contributed by atoms with Crippen LogP contribution in [-0.2, 0) is 11.3 Å². The number of benzene rings is 3. The van der Waals surface area contributed by atoms with Crippen molar-refractivity contribution >= 4 is 22.5 Å². The maximum absolute atomic E-state index is 13.2. The molecule has 0 aliphatic heterocycles. The number of para-hydroxylation sites is 2. The Hall–Kier alpha value is -4.26. The fraction of sp³-hybridized carbons (Fsp3) is 0.290. The molecule has 0 fully saturated rings. The van der Waals surface area contributed by atoms with Crippen molar-refractivity contribution in [2.24, 2.45) is 0 Å². The molecule has 4 rings (SSSR count). The molecule has 3 aromatic carbocycles. The molecule has 7 nitrogen and oxygen atoms in total. The molecule has 1 aromatic heterocycles. The predicted molar refractivity (Wildman–Crippen MR) is 151 cm³/mol. The third-order valence-electron chi connectivity index (χ3n) is 6.39. The van der Waals surface area contributed by atoms with Gasteiger partial charge in [0.1, 0.15) is 17.2 Å². The van der Waals surface area contributed by atoms with Crippen LogP contribution in [0, 0.1) is 0 Å². The minimum atomic E-state index is -0.0663. The summed E-state index contributed by atoms with van der Waals surface area (Å²) < 4.78 is 16.8. The summed E-state index contributed by atoms with van der Waals surface area (Å²) in [5.74, 6) is 2.16. The number of hydrogen-bond donors (Lipinski definition) is 1. The Morgan fingerprint density at radius 3 is 2.53 bits per heavy atom. The van der Waals surface area contributed by atoms with Gasteiger partial charge in [0.2, 0.25) is 0 Å². The number of carbonyl (C=O) groups is 1. The molecule has 198 valence electrons. The van der Waals surface area contributed by atoms with Crippen LogP contribution in [0.4, 0.5) is 5.69 Å². The molecule has 0 aliphatic rings. The van der Waals surface area contributed by atoms with Crippen LogP contribution < -0.4 is 19.5 Å². The quantitative estimate of drug-likeness (QED) is 0.239. The summed E-state index contributed by atoms with van der Waals surface area (Å²) >= 11 is 0. The van der Waals surface area contributed by atoms with E-state index >= 15 is 0 Å². The van der Waals surface area contributed by atoms with E-state index in [1.807, 2.05) is 83.8 Å². The van der Waals surface area contributed by atoms with Crippen LogP contribution in [0.5, 0.6) is 17.2 Å². The average molecular weight is 514 g/mol. The monoisotopic (exact) mass is 513 g/mol. The minimum Gasteiger partial charge on any atom is -0.497 e. The van der Waals surface area contributed by atoms with E-state index in [9.17, 15) is 4.79 Å². The average Bonchev–Trinajstić information content (AvgIpc) is 2.96. The van der Waals surface area contributed by atoms with Gasteiger partial charge in [-0.2, -0.15) is 0 Å². The lowest BCUT2D eigenvalue weighted by Gasteiger charge is -2.25. The third kappa shape index (κ3) is 7.16. The Bertz CT molecular complexity index is 1330. The first-order valence-corrected chi connectivity index (χ1v) is 12.8. The summed E-state index contributed by atoms with van der Waals surface area (Å²) in [6.45, 7) is 3.17. The highest BCUT2D eigenvalue weighted by atomic mass is 16.5. The maximum Gasteiger partial charge on any atom is 0.260 e. The normalized spacial score (nSPS) is 11.6. The summed E-state index contributed by atoms with van der Waals surface area (Å²) in [6.07, 6.45) is 3.47. The van der Waals surface area contributed by atoms with Crippen LogP contribution in [0.1, 0.15) is 25.3 Å². The van der Waals surface area contributed by atoms with Crippen molar-refractivity contribution < 1.29 is 19.0 Å². The number of nitrogens with one attached hydrogen (secondary N) is 1.